The molecule has 0 amide bonds. The van der Waals surface area contributed by atoms with Gasteiger partial charge in [0.1, 0.15) is 11.5 Å². The van der Waals surface area contributed by atoms with Crippen molar-refractivity contribution in [3.63, 3.8) is 0 Å². The first-order valence-corrected chi connectivity index (χ1v) is 7.83. The fraction of sp³-hybridized carbons (Fsp3) is 0.538. The molecule has 1 aromatic carbocycles. The lowest BCUT2D eigenvalue weighted by molar-refractivity contribution is 0.394. The van der Waals surface area contributed by atoms with Gasteiger partial charge in [0.15, 0.2) is 5.37 Å². The van der Waals surface area contributed by atoms with E-state index in [-0.39, 0.29) is 6.42 Å². The van der Waals surface area contributed by atoms with Gasteiger partial charge in [-0.05, 0) is 13.3 Å². The highest BCUT2D eigenvalue weighted by Crippen LogP contribution is 2.30. The molecule has 6 nitrogen and oxygen atoms in total. The molecule has 0 bridgehead atoms. The Morgan fingerprint density at radius 3 is 1.95 bits per heavy atom. The van der Waals surface area contributed by atoms with Crippen molar-refractivity contribution in [1.82, 2.24) is 0 Å². The van der Waals surface area contributed by atoms with E-state index in [0.717, 1.165) is 0 Å². The summed E-state index contributed by atoms with van der Waals surface area (Å²) < 4.78 is 42.7. The molecule has 7 heteroatoms. The highest BCUT2D eigenvalue weighted by atomic mass is 32.2. The van der Waals surface area contributed by atoms with Crippen molar-refractivity contribution in [2.75, 3.05) is 25.7 Å². The molecule has 1 atom stereocenters. The molecule has 0 radical (unpaired) electrons. The monoisotopic (exact) mass is 303 g/mol. The summed E-state index contributed by atoms with van der Waals surface area (Å²) in [4.78, 5) is 1.60. The Morgan fingerprint density at radius 1 is 1.15 bits per heavy atom. The van der Waals surface area contributed by atoms with Crippen LogP contribution in [0.15, 0.2) is 18.2 Å². The number of anilines is 1. The van der Waals surface area contributed by atoms with Crippen LogP contribution in [0.1, 0.15) is 20.3 Å². The lowest BCUT2D eigenvalue weighted by Gasteiger charge is -2.30. The Balaban J connectivity index is 3.30. The minimum atomic E-state index is -4.17. The van der Waals surface area contributed by atoms with Crippen LogP contribution in [0.4, 0.5) is 5.69 Å². The van der Waals surface area contributed by atoms with Crippen molar-refractivity contribution in [1.29, 1.82) is 0 Å². The zero-order valence-electron chi connectivity index (χ0n) is 12.2. The fourth-order valence-corrected chi connectivity index (χ4v) is 3.12. The molecule has 0 aliphatic heterocycles. The van der Waals surface area contributed by atoms with E-state index in [1.165, 1.54) is 14.2 Å². The number of nitrogens with zero attached hydrogens (tertiary/aromatic N) is 1. The van der Waals surface area contributed by atoms with Gasteiger partial charge in [0.25, 0.3) is 10.1 Å². The van der Waals surface area contributed by atoms with Crippen LogP contribution < -0.4 is 14.4 Å². The summed E-state index contributed by atoms with van der Waals surface area (Å²) in [5.74, 6) is 1.12. The van der Waals surface area contributed by atoms with E-state index in [1.54, 1.807) is 30.0 Å². The van der Waals surface area contributed by atoms with E-state index in [4.69, 9.17) is 9.47 Å². The van der Waals surface area contributed by atoms with E-state index < -0.39 is 15.5 Å². The van der Waals surface area contributed by atoms with Crippen LogP contribution in [0, 0.1) is 0 Å². The van der Waals surface area contributed by atoms with Crippen molar-refractivity contribution in [2.24, 2.45) is 0 Å². The first-order chi connectivity index (χ1) is 9.37. The normalized spacial score (nSPS) is 12.8. The van der Waals surface area contributed by atoms with Crippen LogP contribution in [0.2, 0.25) is 0 Å². The highest BCUT2D eigenvalue weighted by molar-refractivity contribution is 7.86. The molecule has 0 spiro atoms. The number of methoxy groups -OCH3 is 2. The van der Waals surface area contributed by atoms with Crippen LogP contribution in [0.25, 0.3) is 0 Å². The van der Waals surface area contributed by atoms with Gasteiger partial charge in [0.05, 0.1) is 14.2 Å². The van der Waals surface area contributed by atoms with E-state index in [0.29, 0.717) is 23.7 Å². The predicted molar refractivity (Wildman–Crippen MR) is 78.2 cm³/mol. The first-order valence-electron chi connectivity index (χ1n) is 6.33. The molecule has 0 saturated heterocycles. The largest absolute Gasteiger partial charge is 0.497 e. The molecule has 20 heavy (non-hydrogen) atoms. The number of hydrogen-bond acceptors (Lipinski definition) is 5. The molecule has 1 N–H and O–H groups in total. The van der Waals surface area contributed by atoms with Crippen molar-refractivity contribution < 1.29 is 22.4 Å². The van der Waals surface area contributed by atoms with Crippen molar-refractivity contribution >= 4 is 15.8 Å². The summed E-state index contributed by atoms with van der Waals surface area (Å²) in [6.45, 7) is 3.95. The zero-order valence-corrected chi connectivity index (χ0v) is 13.0. The molecule has 1 aromatic rings. The topological polar surface area (TPSA) is 76.1 Å². The van der Waals surface area contributed by atoms with Gasteiger partial charge in [-0.25, -0.2) is 0 Å². The molecule has 0 fully saturated rings. The predicted octanol–water partition coefficient (Wildman–Crippen LogP) is 2.15. The number of hydrogen-bond donors (Lipinski definition) is 1. The van der Waals surface area contributed by atoms with Crippen LogP contribution in [0.3, 0.4) is 0 Å². The Bertz CT molecular complexity index is 521. The van der Waals surface area contributed by atoms with Crippen LogP contribution in [-0.2, 0) is 10.1 Å². The summed E-state index contributed by atoms with van der Waals surface area (Å²) in [7, 11) is -1.12. The number of benzene rings is 1. The Labute approximate surface area is 120 Å². The van der Waals surface area contributed by atoms with Crippen molar-refractivity contribution in [3.8, 4) is 11.5 Å². The second-order valence-electron chi connectivity index (χ2n) is 4.23. The van der Waals surface area contributed by atoms with E-state index in [9.17, 15) is 13.0 Å². The third-order valence-corrected chi connectivity index (χ3v) is 4.32. The Hall–Kier alpha value is -1.47. The molecular formula is C13H21NO5S. The van der Waals surface area contributed by atoms with Crippen LogP contribution in [-0.4, -0.2) is 39.1 Å². The quantitative estimate of drug-likeness (QED) is 0.778. The number of rotatable bonds is 7. The second kappa shape index (κ2) is 6.81. The van der Waals surface area contributed by atoms with Gasteiger partial charge in [0, 0.05) is 30.4 Å². The lowest BCUT2D eigenvalue weighted by Crippen LogP contribution is -2.40. The van der Waals surface area contributed by atoms with Gasteiger partial charge >= 0.3 is 0 Å². The lowest BCUT2D eigenvalue weighted by atomic mass is 10.2. The van der Waals surface area contributed by atoms with Gasteiger partial charge in [0.2, 0.25) is 0 Å². The molecule has 1 rings (SSSR count). The zero-order chi connectivity index (χ0) is 15.3. The van der Waals surface area contributed by atoms with Gasteiger partial charge in [-0.1, -0.05) is 6.92 Å². The average molecular weight is 303 g/mol. The molecule has 114 valence electrons. The third-order valence-electron chi connectivity index (χ3n) is 3.05. The van der Waals surface area contributed by atoms with Gasteiger partial charge in [-0.15, -0.1) is 0 Å². The third kappa shape index (κ3) is 3.77. The molecule has 0 heterocycles. The minimum Gasteiger partial charge on any atom is -0.497 e. The standard InChI is InChI=1S/C13H21NO5S/c1-5-13(20(15,16)17)14(6-2)10-7-11(18-3)9-12(8-10)19-4/h7-9,13H,5-6H2,1-4H3,(H,15,16,17). The van der Waals surface area contributed by atoms with Crippen molar-refractivity contribution in [3.05, 3.63) is 18.2 Å². The molecule has 1 unspecified atom stereocenters. The summed E-state index contributed by atoms with van der Waals surface area (Å²) in [5, 5.41) is -0.996. The molecule has 0 aromatic heterocycles. The van der Waals surface area contributed by atoms with Crippen LogP contribution in [0.5, 0.6) is 11.5 Å². The van der Waals surface area contributed by atoms with E-state index in [2.05, 4.69) is 0 Å². The minimum absolute atomic E-state index is 0.270. The number of ether oxygens (including phenoxy) is 2. The maximum absolute atomic E-state index is 11.5. The summed E-state index contributed by atoms with van der Waals surface area (Å²) >= 11 is 0. The molecule has 0 aliphatic carbocycles. The van der Waals surface area contributed by atoms with E-state index >= 15 is 0 Å². The van der Waals surface area contributed by atoms with Gasteiger partial charge < -0.3 is 14.4 Å². The van der Waals surface area contributed by atoms with Gasteiger partial charge in [-0.2, -0.15) is 8.42 Å². The van der Waals surface area contributed by atoms with Crippen LogP contribution >= 0.6 is 0 Å². The second-order valence-corrected chi connectivity index (χ2v) is 5.81. The highest BCUT2D eigenvalue weighted by Gasteiger charge is 2.28. The first kappa shape index (κ1) is 16.6. The van der Waals surface area contributed by atoms with Gasteiger partial charge in [-0.3, -0.25) is 4.55 Å². The maximum atomic E-state index is 11.5. The average Bonchev–Trinajstić information content (AvgIpc) is 2.42. The van der Waals surface area contributed by atoms with Crippen molar-refractivity contribution in [2.45, 2.75) is 25.6 Å². The maximum Gasteiger partial charge on any atom is 0.286 e. The Morgan fingerprint density at radius 2 is 1.65 bits per heavy atom. The summed E-state index contributed by atoms with van der Waals surface area (Å²) in [6, 6.07) is 5.12. The Kier molecular flexibility index (Phi) is 5.64. The molecular weight excluding hydrogens is 282 g/mol. The SMILES string of the molecule is CCC(N(CC)c1cc(OC)cc(OC)c1)S(=O)(=O)O. The fourth-order valence-electron chi connectivity index (χ4n) is 2.10. The molecule has 0 aliphatic rings. The van der Waals surface area contributed by atoms with E-state index in [1.807, 2.05) is 6.92 Å². The summed E-state index contributed by atoms with van der Waals surface area (Å²) in [6.07, 6.45) is 0.270. The summed E-state index contributed by atoms with van der Waals surface area (Å²) in [5.41, 5.74) is 0.619. The molecule has 0 saturated carbocycles. The smallest absolute Gasteiger partial charge is 0.286 e.